The van der Waals surface area contributed by atoms with Gasteiger partial charge in [0.15, 0.2) is 5.82 Å². The summed E-state index contributed by atoms with van der Waals surface area (Å²) in [4.78, 5) is 17.7. The summed E-state index contributed by atoms with van der Waals surface area (Å²) in [6, 6.07) is -0.335. The zero-order valence-electron chi connectivity index (χ0n) is 11.8. The highest BCUT2D eigenvalue weighted by Crippen LogP contribution is 2.32. The predicted octanol–water partition coefficient (Wildman–Crippen LogP) is 2.11. The zero-order chi connectivity index (χ0) is 13.9. The lowest BCUT2D eigenvalue weighted by Gasteiger charge is -2.29. The van der Waals surface area contributed by atoms with Crippen LogP contribution in [0.1, 0.15) is 68.4 Å². The molecule has 6 heteroatoms. The van der Waals surface area contributed by atoms with Crippen LogP contribution in [-0.2, 0) is 0 Å². The average Bonchev–Trinajstić information content (AvgIpc) is 2.98. The fourth-order valence-corrected chi connectivity index (χ4v) is 3.42. The standard InChI is InChI=1S/C14H23N5O/c15-14(20)19-8-4-7-11(9-19)13-16-12(17-18-13)10-5-2-1-3-6-10/h10-11H,1-9H2,(H2,15,20)(H,16,17,18)/t11-/m0/s1. The minimum absolute atomic E-state index is 0.227. The first kappa shape index (κ1) is 13.4. The van der Waals surface area contributed by atoms with Gasteiger partial charge in [-0.05, 0) is 25.7 Å². The third kappa shape index (κ3) is 2.78. The molecule has 6 nitrogen and oxygen atoms in total. The van der Waals surface area contributed by atoms with Crippen molar-refractivity contribution in [1.82, 2.24) is 20.1 Å². The van der Waals surface area contributed by atoms with E-state index < -0.39 is 0 Å². The number of rotatable bonds is 2. The van der Waals surface area contributed by atoms with Crippen molar-refractivity contribution < 1.29 is 4.79 Å². The molecule has 2 amide bonds. The fourth-order valence-electron chi connectivity index (χ4n) is 3.42. The number of aromatic amines is 1. The first-order valence-electron chi connectivity index (χ1n) is 7.70. The van der Waals surface area contributed by atoms with Crippen LogP contribution < -0.4 is 5.73 Å². The molecular weight excluding hydrogens is 254 g/mol. The molecule has 0 bridgehead atoms. The first-order chi connectivity index (χ1) is 9.74. The van der Waals surface area contributed by atoms with Crippen molar-refractivity contribution in [2.24, 2.45) is 5.73 Å². The van der Waals surface area contributed by atoms with E-state index in [0.717, 1.165) is 31.0 Å². The number of aromatic nitrogens is 3. The Hall–Kier alpha value is -1.59. The van der Waals surface area contributed by atoms with E-state index in [0.29, 0.717) is 12.5 Å². The maximum absolute atomic E-state index is 11.3. The molecule has 0 radical (unpaired) electrons. The highest BCUT2D eigenvalue weighted by molar-refractivity contribution is 5.72. The lowest BCUT2D eigenvalue weighted by Crippen LogP contribution is -2.42. The lowest BCUT2D eigenvalue weighted by molar-refractivity contribution is 0.187. The monoisotopic (exact) mass is 277 g/mol. The molecule has 1 aliphatic heterocycles. The number of nitrogens with one attached hydrogen (secondary N) is 1. The van der Waals surface area contributed by atoms with Crippen molar-refractivity contribution >= 4 is 6.03 Å². The van der Waals surface area contributed by atoms with Gasteiger partial charge in [0.1, 0.15) is 5.82 Å². The quantitative estimate of drug-likeness (QED) is 0.867. The van der Waals surface area contributed by atoms with Crippen molar-refractivity contribution in [2.45, 2.75) is 56.8 Å². The smallest absolute Gasteiger partial charge is 0.314 e. The third-order valence-corrected chi connectivity index (χ3v) is 4.61. The van der Waals surface area contributed by atoms with Gasteiger partial charge in [-0.3, -0.25) is 5.10 Å². The van der Waals surface area contributed by atoms with Gasteiger partial charge in [-0.25, -0.2) is 9.78 Å². The molecule has 2 aliphatic rings. The van der Waals surface area contributed by atoms with Crippen LogP contribution in [0.15, 0.2) is 0 Å². The summed E-state index contributed by atoms with van der Waals surface area (Å²) in [7, 11) is 0. The Morgan fingerprint density at radius 3 is 2.65 bits per heavy atom. The largest absolute Gasteiger partial charge is 0.351 e. The maximum atomic E-state index is 11.3. The summed E-state index contributed by atoms with van der Waals surface area (Å²) in [6.45, 7) is 1.41. The number of likely N-dealkylation sites (tertiary alicyclic amines) is 1. The molecule has 0 aromatic carbocycles. The van der Waals surface area contributed by atoms with Gasteiger partial charge in [0.2, 0.25) is 0 Å². The molecule has 0 spiro atoms. The molecule has 1 atom stereocenters. The van der Waals surface area contributed by atoms with E-state index in [1.165, 1.54) is 32.1 Å². The van der Waals surface area contributed by atoms with Crippen LogP contribution in [0.5, 0.6) is 0 Å². The van der Waals surface area contributed by atoms with Gasteiger partial charge in [-0.1, -0.05) is 19.3 Å². The Kier molecular flexibility index (Phi) is 3.89. The Balaban J connectivity index is 1.68. The van der Waals surface area contributed by atoms with E-state index in [1.54, 1.807) is 4.90 Å². The van der Waals surface area contributed by atoms with Gasteiger partial charge in [-0.15, -0.1) is 0 Å². The molecule has 2 heterocycles. The first-order valence-corrected chi connectivity index (χ1v) is 7.70. The minimum atomic E-state index is -0.335. The molecule has 1 aliphatic carbocycles. The molecule has 3 N–H and O–H groups in total. The number of nitrogens with zero attached hydrogens (tertiary/aromatic N) is 3. The zero-order valence-corrected chi connectivity index (χ0v) is 11.8. The van der Waals surface area contributed by atoms with Gasteiger partial charge in [0.25, 0.3) is 0 Å². The SMILES string of the molecule is NC(=O)N1CCC[C@H](c2n[nH]c(C3CCCCC3)n2)C1. The van der Waals surface area contributed by atoms with Crippen LogP contribution in [0.3, 0.4) is 0 Å². The Labute approximate surface area is 119 Å². The maximum Gasteiger partial charge on any atom is 0.314 e. The number of piperidine rings is 1. The van der Waals surface area contributed by atoms with Gasteiger partial charge in [0.05, 0.1) is 0 Å². The second-order valence-corrected chi connectivity index (χ2v) is 6.04. The fraction of sp³-hybridized carbons (Fsp3) is 0.786. The number of H-pyrrole nitrogens is 1. The van der Waals surface area contributed by atoms with Gasteiger partial charge in [-0.2, -0.15) is 5.10 Å². The van der Waals surface area contributed by atoms with Crippen LogP contribution >= 0.6 is 0 Å². The molecular formula is C14H23N5O. The predicted molar refractivity (Wildman–Crippen MR) is 75.3 cm³/mol. The van der Waals surface area contributed by atoms with Crippen LogP contribution in [0.25, 0.3) is 0 Å². The highest BCUT2D eigenvalue weighted by atomic mass is 16.2. The molecule has 110 valence electrons. The normalized spacial score (nSPS) is 24.8. The van der Waals surface area contributed by atoms with E-state index in [2.05, 4.69) is 10.2 Å². The number of primary amides is 1. The Bertz CT molecular complexity index is 466. The van der Waals surface area contributed by atoms with Crippen LogP contribution in [0, 0.1) is 0 Å². The summed E-state index contributed by atoms with van der Waals surface area (Å²) >= 11 is 0. The summed E-state index contributed by atoms with van der Waals surface area (Å²) in [5.41, 5.74) is 5.37. The number of hydrogen-bond acceptors (Lipinski definition) is 3. The number of amides is 2. The second kappa shape index (κ2) is 5.81. The number of hydrogen-bond donors (Lipinski definition) is 2. The summed E-state index contributed by atoms with van der Waals surface area (Å²) in [6.07, 6.45) is 8.36. The van der Waals surface area contributed by atoms with Gasteiger partial charge >= 0.3 is 6.03 Å². The van der Waals surface area contributed by atoms with Crippen LogP contribution in [0.2, 0.25) is 0 Å². The lowest BCUT2D eigenvalue weighted by atomic mass is 9.89. The van der Waals surface area contributed by atoms with E-state index in [9.17, 15) is 4.79 Å². The van der Waals surface area contributed by atoms with Crippen molar-refractivity contribution in [3.8, 4) is 0 Å². The second-order valence-electron chi connectivity index (χ2n) is 6.04. The summed E-state index contributed by atoms with van der Waals surface area (Å²) in [5, 5.41) is 7.51. The topological polar surface area (TPSA) is 87.9 Å². The van der Waals surface area contributed by atoms with E-state index in [-0.39, 0.29) is 11.9 Å². The van der Waals surface area contributed by atoms with Crippen molar-refractivity contribution in [1.29, 1.82) is 0 Å². The van der Waals surface area contributed by atoms with Crippen molar-refractivity contribution in [3.05, 3.63) is 11.6 Å². The molecule has 2 fully saturated rings. The molecule has 0 unspecified atom stereocenters. The van der Waals surface area contributed by atoms with Crippen LogP contribution in [-0.4, -0.2) is 39.2 Å². The van der Waals surface area contributed by atoms with E-state index in [4.69, 9.17) is 10.7 Å². The van der Waals surface area contributed by atoms with Gasteiger partial charge < -0.3 is 10.6 Å². The molecule has 20 heavy (non-hydrogen) atoms. The summed E-state index contributed by atoms with van der Waals surface area (Å²) in [5.74, 6) is 2.66. The molecule has 1 aromatic heterocycles. The van der Waals surface area contributed by atoms with E-state index >= 15 is 0 Å². The third-order valence-electron chi connectivity index (χ3n) is 4.61. The van der Waals surface area contributed by atoms with Crippen molar-refractivity contribution in [3.63, 3.8) is 0 Å². The molecule has 1 saturated carbocycles. The average molecular weight is 277 g/mol. The number of nitrogens with two attached hydrogens (primary N) is 1. The van der Waals surface area contributed by atoms with E-state index in [1.807, 2.05) is 0 Å². The van der Waals surface area contributed by atoms with Crippen molar-refractivity contribution in [2.75, 3.05) is 13.1 Å². The molecule has 3 rings (SSSR count). The molecule has 1 saturated heterocycles. The van der Waals surface area contributed by atoms with Gasteiger partial charge in [0, 0.05) is 24.9 Å². The Morgan fingerprint density at radius 1 is 1.15 bits per heavy atom. The highest BCUT2D eigenvalue weighted by Gasteiger charge is 2.27. The minimum Gasteiger partial charge on any atom is -0.351 e. The number of carbonyl (C=O) groups is 1. The number of urea groups is 1. The van der Waals surface area contributed by atoms with Crippen LogP contribution in [0.4, 0.5) is 4.79 Å². The Morgan fingerprint density at radius 2 is 1.90 bits per heavy atom. The molecule has 1 aromatic rings. The number of carbonyl (C=O) groups excluding carboxylic acids is 1. The summed E-state index contributed by atoms with van der Waals surface area (Å²) < 4.78 is 0.